The molecule has 1 aromatic carbocycles. The lowest BCUT2D eigenvalue weighted by molar-refractivity contribution is 0.117. The molecule has 3 N–H and O–H groups in total. The smallest absolute Gasteiger partial charge is 0.0641 e. The van der Waals surface area contributed by atoms with Crippen LogP contribution in [0.3, 0.4) is 0 Å². The van der Waals surface area contributed by atoms with Crippen molar-refractivity contribution in [2.24, 2.45) is 5.84 Å². The summed E-state index contributed by atoms with van der Waals surface area (Å²) < 4.78 is 6.61. The molecule has 3 nitrogen and oxygen atoms in total. The van der Waals surface area contributed by atoms with Crippen LogP contribution in [0.5, 0.6) is 0 Å². The van der Waals surface area contributed by atoms with Gasteiger partial charge in [-0.2, -0.15) is 0 Å². The number of nitrogens with two attached hydrogens (primary N) is 1. The highest BCUT2D eigenvalue weighted by molar-refractivity contribution is 9.10. The van der Waals surface area contributed by atoms with Gasteiger partial charge >= 0.3 is 0 Å². The zero-order valence-electron chi connectivity index (χ0n) is 9.99. The van der Waals surface area contributed by atoms with E-state index >= 15 is 0 Å². The molecule has 5 heteroatoms. The molecule has 0 heterocycles. The number of hydrazine groups is 1. The molecule has 17 heavy (non-hydrogen) atoms. The number of nitrogens with one attached hydrogen (secondary N) is 1. The molecule has 0 radical (unpaired) electrons. The standard InChI is InChI=1S/C12H19BrN2OS/c1-2-7-16-8-10(15-14)9-17-12-6-4-3-5-11(12)13/h3-6,10,15H,2,7-9,14H2,1H3. The summed E-state index contributed by atoms with van der Waals surface area (Å²) in [5, 5.41) is 0. The van der Waals surface area contributed by atoms with Crippen molar-refractivity contribution in [2.45, 2.75) is 24.3 Å². The van der Waals surface area contributed by atoms with Gasteiger partial charge in [0.1, 0.15) is 0 Å². The molecular weight excluding hydrogens is 300 g/mol. The molecule has 0 aromatic heterocycles. The minimum Gasteiger partial charge on any atom is -0.380 e. The van der Waals surface area contributed by atoms with Crippen molar-refractivity contribution in [1.82, 2.24) is 5.43 Å². The first-order chi connectivity index (χ1) is 8.27. The highest BCUT2D eigenvalue weighted by Crippen LogP contribution is 2.27. The number of hydrogen-bond acceptors (Lipinski definition) is 4. The predicted octanol–water partition coefficient (Wildman–Crippen LogP) is 2.80. The van der Waals surface area contributed by atoms with E-state index in [1.54, 1.807) is 11.8 Å². The van der Waals surface area contributed by atoms with Crippen LogP contribution >= 0.6 is 27.7 Å². The fourth-order valence-electron chi connectivity index (χ4n) is 1.27. The Labute approximate surface area is 116 Å². The van der Waals surface area contributed by atoms with E-state index in [2.05, 4.69) is 34.3 Å². The third-order valence-electron chi connectivity index (χ3n) is 2.18. The monoisotopic (exact) mass is 318 g/mol. The van der Waals surface area contributed by atoms with Crippen molar-refractivity contribution in [3.8, 4) is 0 Å². The number of hydrogen-bond donors (Lipinski definition) is 2. The van der Waals surface area contributed by atoms with Gasteiger partial charge < -0.3 is 4.74 Å². The summed E-state index contributed by atoms with van der Waals surface area (Å²) in [6, 6.07) is 8.36. The summed E-state index contributed by atoms with van der Waals surface area (Å²) >= 11 is 5.30. The average Bonchev–Trinajstić information content (AvgIpc) is 2.35. The van der Waals surface area contributed by atoms with Crippen LogP contribution in [0.4, 0.5) is 0 Å². The first-order valence-corrected chi connectivity index (χ1v) is 7.47. The van der Waals surface area contributed by atoms with Crippen LogP contribution in [0.15, 0.2) is 33.6 Å². The molecule has 1 rings (SSSR count). The minimum atomic E-state index is 0.179. The molecule has 0 aliphatic carbocycles. The molecular formula is C12H19BrN2OS. The van der Waals surface area contributed by atoms with Gasteiger partial charge in [0.05, 0.1) is 12.6 Å². The zero-order valence-corrected chi connectivity index (χ0v) is 12.4. The Bertz CT molecular complexity index is 325. The lowest BCUT2D eigenvalue weighted by Crippen LogP contribution is -2.40. The molecule has 0 spiro atoms. The van der Waals surface area contributed by atoms with Gasteiger partial charge in [-0.3, -0.25) is 11.3 Å². The summed E-state index contributed by atoms with van der Waals surface area (Å²) in [6.07, 6.45) is 1.04. The Morgan fingerprint density at radius 3 is 2.88 bits per heavy atom. The van der Waals surface area contributed by atoms with Crippen molar-refractivity contribution >= 4 is 27.7 Å². The maximum absolute atomic E-state index is 5.50. The van der Waals surface area contributed by atoms with Crippen molar-refractivity contribution in [2.75, 3.05) is 19.0 Å². The van der Waals surface area contributed by atoms with Gasteiger partial charge in [-0.1, -0.05) is 19.1 Å². The number of thioether (sulfide) groups is 1. The Balaban J connectivity index is 2.34. The van der Waals surface area contributed by atoms with Gasteiger partial charge in [0, 0.05) is 21.7 Å². The highest BCUT2D eigenvalue weighted by Gasteiger charge is 2.08. The molecule has 0 aliphatic rings. The van der Waals surface area contributed by atoms with E-state index in [0.717, 1.165) is 23.3 Å². The maximum Gasteiger partial charge on any atom is 0.0641 e. The average molecular weight is 319 g/mol. The second kappa shape index (κ2) is 8.94. The van der Waals surface area contributed by atoms with Gasteiger partial charge in [-0.05, 0) is 34.5 Å². The van der Waals surface area contributed by atoms with Crippen LogP contribution in [0.1, 0.15) is 13.3 Å². The molecule has 0 saturated carbocycles. The predicted molar refractivity (Wildman–Crippen MR) is 77.1 cm³/mol. The minimum absolute atomic E-state index is 0.179. The Morgan fingerprint density at radius 1 is 1.47 bits per heavy atom. The van der Waals surface area contributed by atoms with Gasteiger partial charge in [0.15, 0.2) is 0 Å². The molecule has 1 atom stereocenters. The van der Waals surface area contributed by atoms with Gasteiger partial charge in [-0.15, -0.1) is 11.8 Å². The third-order valence-corrected chi connectivity index (χ3v) is 4.37. The van der Waals surface area contributed by atoms with E-state index in [1.165, 1.54) is 4.90 Å². The largest absolute Gasteiger partial charge is 0.380 e. The van der Waals surface area contributed by atoms with Crippen molar-refractivity contribution in [1.29, 1.82) is 0 Å². The Hall–Kier alpha value is -0.0700. The SMILES string of the molecule is CCCOCC(CSc1ccccc1Br)NN. The van der Waals surface area contributed by atoms with Crippen molar-refractivity contribution in [3.63, 3.8) is 0 Å². The van der Waals surface area contributed by atoms with Gasteiger partial charge in [0.25, 0.3) is 0 Å². The highest BCUT2D eigenvalue weighted by atomic mass is 79.9. The van der Waals surface area contributed by atoms with E-state index in [0.29, 0.717) is 6.61 Å². The molecule has 0 amide bonds. The molecule has 1 aromatic rings. The molecule has 0 aliphatic heterocycles. The van der Waals surface area contributed by atoms with E-state index < -0.39 is 0 Å². The topological polar surface area (TPSA) is 47.3 Å². The summed E-state index contributed by atoms with van der Waals surface area (Å²) in [6.45, 7) is 3.54. The van der Waals surface area contributed by atoms with Crippen molar-refractivity contribution < 1.29 is 4.74 Å². The zero-order chi connectivity index (χ0) is 12.5. The Kier molecular flexibility index (Phi) is 7.88. The van der Waals surface area contributed by atoms with E-state index in [4.69, 9.17) is 10.6 Å². The first-order valence-electron chi connectivity index (χ1n) is 5.69. The van der Waals surface area contributed by atoms with Crippen LogP contribution in [0.2, 0.25) is 0 Å². The van der Waals surface area contributed by atoms with E-state index in [9.17, 15) is 0 Å². The quantitative estimate of drug-likeness (QED) is 0.335. The second-order valence-electron chi connectivity index (χ2n) is 3.68. The first kappa shape index (κ1) is 15.0. The molecule has 1 unspecified atom stereocenters. The van der Waals surface area contributed by atoms with Crippen molar-refractivity contribution in [3.05, 3.63) is 28.7 Å². The number of rotatable bonds is 8. The van der Waals surface area contributed by atoms with Crippen LogP contribution in [-0.2, 0) is 4.74 Å². The fraction of sp³-hybridized carbons (Fsp3) is 0.500. The van der Waals surface area contributed by atoms with Gasteiger partial charge in [0.2, 0.25) is 0 Å². The lowest BCUT2D eigenvalue weighted by atomic mass is 10.4. The second-order valence-corrected chi connectivity index (χ2v) is 5.60. The third kappa shape index (κ3) is 5.88. The summed E-state index contributed by atoms with van der Waals surface area (Å²) in [4.78, 5) is 1.23. The van der Waals surface area contributed by atoms with Crippen LogP contribution in [0, 0.1) is 0 Å². The summed E-state index contributed by atoms with van der Waals surface area (Å²) in [7, 11) is 0. The Morgan fingerprint density at radius 2 is 2.24 bits per heavy atom. The fourth-order valence-corrected chi connectivity index (χ4v) is 2.85. The van der Waals surface area contributed by atoms with E-state index in [-0.39, 0.29) is 6.04 Å². The molecule has 0 fully saturated rings. The normalized spacial score (nSPS) is 12.6. The number of benzene rings is 1. The lowest BCUT2D eigenvalue weighted by Gasteiger charge is -2.15. The summed E-state index contributed by atoms with van der Waals surface area (Å²) in [5.74, 6) is 6.39. The summed E-state index contributed by atoms with van der Waals surface area (Å²) in [5.41, 5.74) is 2.79. The van der Waals surface area contributed by atoms with Crippen LogP contribution in [0.25, 0.3) is 0 Å². The molecule has 0 saturated heterocycles. The number of ether oxygens (including phenoxy) is 1. The van der Waals surface area contributed by atoms with Crippen LogP contribution < -0.4 is 11.3 Å². The van der Waals surface area contributed by atoms with Gasteiger partial charge in [-0.25, -0.2) is 0 Å². The maximum atomic E-state index is 5.50. The number of halogens is 1. The van der Waals surface area contributed by atoms with E-state index in [1.807, 2.05) is 18.2 Å². The molecule has 96 valence electrons. The molecule has 0 bridgehead atoms. The van der Waals surface area contributed by atoms with Crippen LogP contribution in [-0.4, -0.2) is 25.0 Å².